The first-order chi connectivity index (χ1) is 11.0. The lowest BCUT2D eigenvalue weighted by molar-refractivity contribution is -0.129. The van der Waals surface area contributed by atoms with Crippen LogP contribution in [0.3, 0.4) is 0 Å². The topological polar surface area (TPSA) is 18.5 Å². The second-order valence-corrected chi connectivity index (χ2v) is 7.54. The third kappa shape index (κ3) is 3.11. The Morgan fingerprint density at radius 3 is 1.30 bits per heavy atom. The maximum Gasteiger partial charge on any atom is 0.222 e. The number of hydrogen-bond donors (Lipinski definition) is 0. The van der Waals surface area contributed by atoms with Crippen LogP contribution >= 0.6 is 0 Å². The maximum absolute atomic E-state index is 6.10. The fourth-order valence-corrected chi connectivity index (χ4v) is 3.30. The Morgan fingerprint density at radius 2 is 1.00 bits per heavy atom. The minimum atomic E-state index is -0.740. The van der Waals surface area contributed by atoms with Gasteiger partial charge in [-0.05, 0) is 0 Å². The van der Waals surface area contributed by atoms with Gasteiger partial charge in [0, 0.05) is 24.6 Å². The smallest absolute Gasteiger partial charge is 0.222 e. The minimum absolute atomic E-state index is 0.255. The van der Waals surface area contributed by atoms with Gasteiger partial charge in [-0.2, -0.15) is 27.3 Å². The highest BCUT2D eigenvalue weighted by Crippen LogP contribution is 2.37. The zero-order chi connectivity index (χ0) is 16.4. The standard InChI is InChI=1S/C19H26B2O2/c1-20(2)17-9-5-15(6-10-17)19(22-13-14-23-19)16-7-11-18(12-8-16)21(3)4/h5-12,20-21H,13-14H2,1-4H3/q-2. The number of benzene rings is 2. The summed E-state index contributed by atoms with van der Waals surface area (Å²) in [4.78, 5) is 0. The minimum Gasteiger partial charge on any atom is -0.340 e. The summed E-state index contributed by atoms with van der Waals surface area (Å²) < 4.78 is 12.2. The lowest BCUT2D eigenvalue weighted by atomic mass is 9.49. The quantitative estimate of drug-likeness (QED) is 0.807. The third-order valence-corrected chi connectivity index (χ3v) is 4.99. The van der Waals surface area contributed by atoms with Crippen LogP contribution in [0.2, 0.25) is 27.3 Å². The van der Waals surface area contributed by atoms with Crippen LogP contribution in [0.1, 0.15) is 11.1 Å². The fourth-order valence-electron chi connectivity index (χ4n) is 3.30. The molecule has 0 unspecified atom stereocenters. The summed E-state index contributed by atoms with van der Waals surface area (Å²) in [7, 11) is 0. The molecule has 2 aromatic carbocycles. The van der Waals surface area contributed by atoms with E-state index in [-0.39, 0.29) is 13.4 Å². The molecule has 2 aromatic rings. The molecule has 1 heterocycles. The molecule has 0 aromatic heterocycles. The van der Waals surface area contributed by atoms with Gasteiger partial charge in [-0.3, -0.25) is 0 Å². The second-order valence-electron chi connectivity index (χ2n) is 7.54. The lowest BCUT2D eigenvalue weighted by Crippen LogP contribution is -2.31. The highest BCUT2D eigenvalue weighted by Gasteiger charge is 2.40. The number of hydrogen-bond acceptors (Lipinski definition) is 2. The molecule has 0 aliphatic carbocycles. The van der Waals surface area contributed by atoms with E-state index in [0.29, 0.717) is 13.2 Å². The first kappa shape index (κ1) is 16.4. The molecule has 0 saturated carbocycles. The highest BCUT2D eigenvalue weighted by atomic mass is 16.7. The summed E-state index contributed by atoms with van der Waals surface area (Å²) in [5.74, 6) is -0.740. The monoisotopic (exact) mass is 308 g/mol. The maximum atomic E-state index is 6.10. The van der Waals surface area contributed by atoms with Crippen molar-refractivity contribution in [2.75, 3.05) is 13.2 Å². The second kappa shape index (κ2) is 6.54. The van der Waals surface area contributed by atoms with E-state index in [9.17, 15) is 0 Å². The van der Waals surface area contributed by atoms with Gasteiger partial charge in [0.1, 0.15) is 0 Å². The van der Waals surface area contributed by atoms with Crippen LogP contribution < -0.4 is 10.9 Å². The van der Waals surface area contributed by atoms with Crippen molar-refractivity contribution in [3.05, 3.63) is 59.7 Å². The summed E-state index contributed by atoms with van der Waals surface area (Å²) in [5.41, 5.74) is 5.01. The highest BCUT2D eigenvalue weighted by molar-refractivity contribution is 6.71. The Balaban J connectivity index is 1.99. The van der Waals surface area contributed by atoms with Crippen molar-refractivity contribution in [3.63, 3.8) is 0 Å². The lowest BCUT2D eigenvalue weighted by Gasteiger charge is -2.30. The Kier molecular flexibility index (Phi) is 4.65. The van der Waals surface area contributed by atoms with Gasteiger partial charge in [-0.25, -0.2) is 10.9 Å². The van der Waals surface area contributed by atoms with Crippen molar-refractivity contribution in [3.8, 4) is 0 Å². The summed E-state index contributed by atoms with van der Waals surface area (Å²) in [6.07, 6.45) is 0. The van der Waals surface area contributed by atoms with E-state index >= 15 is 0 Å². The summed E-state index contributed by atoms with van der Waals surface area (Å²) >= 11 is 0. The molecule has 23 heavy (non-hydrogen) atoms. The van der Waals surface area contributed by atoms with E-state index in [0.717, 1.165) is 11.1 Å². The SMILES string of the molecule is C[BH-](C)c1ccc(C2(c3ccc([BH-](C)C)cc3)OCCO2)cc1. The van der Waals surface area contributed by atoms with Gasteiger partial charge >= 0.3 is 0 Å². The molecule has 0 N–H and O–H groups in total. The van der Waals surface area contributed by atoms with Gasteiger partial charge < -0.3 is 9.47 Å². The van der Waals surface area contributed by atoms with E-state index in [2.05, 4.69) is 75.8 Å². The predicted octanol–water partition coefficient (Wildman–Crippen LogP) is 2.32. The molecule has 3 rings (SSSR count). The van der Waals surface area contributed by atoms with Gasteiger partial charge in [0.15, 0.2) is 0 Å². The van der Waals surface area contributed by atoms with Crippen molar-refractivity contribution in [2.24, 2.45) is 0 Å². The summed E-state index contributed by atoms with van der Waals surface area (Å²) in [6.45, 7) is 9.92. The van der Waals surface area contributed by atoms with Gasteiger partial charge in [0.05, 0.1) is 13.2 Å². The van der Waals surface area contributed by atoms with Crippen molar-refractivity contribution in [2.45, 2.75) is 33.1 Å². The molecule has 1 aliphatic heterocycles. The molecule has 1 fully saturated rings. The molecule has 2 nitrogen and oxygen atoms in total. The van der Waals surface area contributed by atoms with E-state index in [4.69, 9.17) is 9.47 Å². The van der Waals surface area contributed by atoms with Crippen molar-refractivity contribution < 1.29 is 9.47 Å². The molecule has 0 atom stereocenters. The molecule has 1 saturated heterocycles. The first-order valence-electron chi connectivity index (χ1n) is 9.16. The molecule has 0 amide bonds. The molecular formula is C19H26B2O2-2. The van der Waals surface area contributed by atoms with E-state index < -0.39 is 5.79 Å². The number of rotatable bonds is 4. The molecule has 1 aliphatic rings. The molecule has 122 valence electrons. The van der Waals surface area contributed by atoms with E-state index in [1.54, 1.807) is 0 Å². The van der Waals surface area contributed by atoms with Gasteiger partial charge in [-0.15, -0.1) is 0 Å². The van der Waals surface area contributed by atoms with Crippen LogP contribution in [0.4, 0.5) is 0 Å². The van der Waals surface area contributed by atoms with Gasteiger partial charge in [0.2, 0.25) is 5.79 Å². The average Bonchev–Trinajstić information content (AvgIpc) is 3.06. The number of ether oxygens (including phenoxy) is 2. The third-order valence-electron chi connectivity index (χ3n) is 4.99. The zero-order valence-electron chi connectivity index (χ0n) is 14.8. The Labute approximate surface area is 140 Å². The van der Waals surface area contributed by atoms with Crippen LogP contribution in [0.5, 0.6) is 0 Å². The van der Waals surface area contributed by atoms with E-state index in [1.165, 1.54) is 10.9 Å². The van der Waals surface area contributed by atoms with Crippen molar-refractivity contribution in [1.82, 2.24) is 0 Å². The van der Waals surface area contributed by atoms with Gasteiger partial charge in [0.25, 0.3) is 0 Å². The Hall–Kier alpha value is -1.51. The molecule has 0 bridgehead atoms. The average molecular weight is 308 g/mol. The summed E-state index contributed by atoms with van der Waals surface area (Å²) in [5, 5.41) is 0. The predicted molar refractivity (Wildman–Crippen MR) is 103 cm³/mol. The van der Waals surface area contributed by atoms with Crippen LogP contribution in [0.25, 0.3) is 0 Å². The van der Waals surface area contributed by atoms with Crippen molar-refractivity contribution in [1.29, 1.82) is 0 Å². The molecular weight excluding hydrogens is 282 g/mol. The molecule has 0 spiro atoms. The fraction of sp³-hybridized carbons (Fsp3) is 0.368. The largest absolute Gasteiger partial charge is 0.340 e. The Morgan fingerprint density at radius 1 is 0.652 bits per heavy atom. The van der Waals surface area contributed by atoms with Gasteiger partial charge in [-0.1, -0.05) is 48.5 Å². The molecule has 0 radical (unpaired) electrons. The zero-order valence-corrected chi connectivity index (χ0v) is 14.8. The van der Waals surface area contributed by atoms with Crippen LogP contribution in [0.15, 0.2) is 48.5 Å². The van der Waals surface area contributed by atoms with E-state index in [1.807, 2.05) is 0 Å². The Bertz CT molecular complexity index is 589. The molecule has 4 heteroatoms. The van der Waals surface area contributed by atoms with Crippen LogP contribution in [0, 0.1) is 0 Å². The normalized spacial score (nSPS) is 17.1. The summed E-state index contributed by atoms with van der Waals surface area (Å²) in [6, 6.07) is 17.5. The van der Waals surface area contributed by atoms with Crippen LogP contribution in [-0.4, -0.2) is 26.6 Å². The van der Waals surface area contributed by atoms with Crippen LogP contribution in [-0.2, 0) is 15.3 Å². The van der Waals surface area contributed by atoms with Crippen molar-refractivity contribution >= 4 is 24.4 Å². The first-order valence-corrected chi connectivity index (χ1v) is 9.16.